The molecule has 1 saturated heterocycles. The van der Waals surface area contributed by atoms with Crippen LogP contribution >= 0.6 is 0 Å². The van der Waals surface area contributed by atoms with E-state index in [-0.39, 0.29) is 11.6 Å². The van der Waals surface area contributed by atoms with Crippen molar-refractivity contribution < 1.29 is 14.3 Å². The standard InChI is InChI=1S/C18H15N3O3/c22-17-12-4-1-2-5-13(12)18(23)16-14(17)6-3-7-15(16)19-20-21-8-10-24-11-9-21/h1-7H,8-11H2. The van der Waals surface area contributed by atoms with E-state index in [4.69, 9.17) is 4.74 Å². The van der Waals surface area contributed by atoms with Crippen LogP contribution in [0.3, 0.4) is 0 Å². The fourth-order valence-electron chi connectivity index (χ4n) is 2.96. The van der Waals surface area contributed by atoms with E-state index in [2.05, 4.69) is 10.3 Å². The molecule has 0 amide bonds. The average Bonchev–Trinajstić information content (AvgIpc) is 2.65. The van der Waals surface area contributed by atoms with Gasteiger partial charge in [0.15, 0.2) is 11.6 Å². The summed E-state index contributed by atoms with van der Waals surface area (Å²) in [5.74, 6) is -0.333. The first-order valence-corrected chi connectivity index (χ1v) is 7.81. The molecule has 1 fully saturated rings. The maximum atomic E-state index is 12.8. The number of morpholine rings is 1. The third kappa shape index (κ3) is 2.41. The molecule has 0 atom stereocenters. The van der Waals surface area contributed by atoms with Gasteiger partial charge in [-0.25, -0.2) is 0 Å². The molecular weight excluding hydrogens is 306 g/mol. The number of nitrogens with zero attached hydrogens (tertiary/aromatic N) is 3. The molecule has 0 spiro atoms. The van der Waals surface area contributed by atoms with Crippen molar-refractivity contribution in [1.29, 1.82) is 0 Å². The molecule has 2 aliphatic rings. The lowest BCUT2D eigenvalue weighted by Gasteiger charge is -2.22. The number of hydrogen-bond acceptors (Lipinski definition) is 5. The van der Waals surface area contributed by atoms with E-state index in [1.165, 1.54) is 0 Å². The van der Waals surface area contributed by atoms with Gasteiger partial charge in [0, 0.05) is 16.7 Å². The maximum absolute atomic E-state index is 12.8. The molecule has 1 heterocycles. The van der Waals surface area contributed by atoms with Gasteiger partial charge < -0.3 is 4.74 Å². The smallest absolute Gasteiger partial charge is 0.196 e. The van der Waals surface area contributed by atoms with Crippen LogP contribution in [0.1, 0.15) is 31.8 Å². The number of hydrogen-bond donors (Lipinski definition) is 0. The van der Waals surface area contributed by atoms with Crippen molar-refractivity contribution in [3.63, 3.8) is 0 Å². The lowest BCUT2D eigenvalue weighted by atomic mass is 9.83. The Morgan fingerprint density at radius 3 is 2.25 bits per heavy atom. The minimum Gasteiger partial charge on any atom is -0.378 e. The van der Waals surface area contributed by atoms with Crippen molar-refractivity contribution in [2.75, 3.05) is 26.3 Å². The molecule has 0 radical (unpaired) electrons. The van der Waals surface area contributed by atoms with E-state index in [1.807, 2.05) is 0 Å². The second kappa shape index (κ2) is 5.98. The number of carbonyl (C=O) groups is 2. The Hall–Kier alpha value is -2.86. The van der Waals surface area contributed by atoms with Crippen LogP contribution < -0.4 is 0 Å². The Morgan fingerprint density at radius 2 is 1.50 bits per heavy atom. The summed E-state index contributed by atoms with van der Waals surface area (Å²) in [6.45, 7) is 2.54. The van der Waals surface area contributed by atoms with Gasteiger partial charge in [-0.3, -0.25) is 14.6 Å². The van der Waals surface area contributed by atoms with Gasteiger partial charge in [-0.2, -0.15) is 0 Å². The number of carbonyl (C=O) groups excluding carboxylic acids is 2. The van der Waals surface area contributed by atoms with Crippen LogP contribution in [-0.4, -0.2) is 42.9 Å². The molecule has 2 aromatic rings. The number of ketones is 2. The fraction of sp³-hybridized carbons (Fsp3) is 0.222. The normalized spacial score (nSPS) is 17.1. The van der Waals surface area contributed by atoms with Crippen LogP contribution in [0.15, 0.2) is 52.8 Å². The molecule has 1 aliphatic heterocycles. The number of fused-ring (bicyclic) bond motifs is 2. The summed E-state index contributed by atoms with van der Waals surface area (Å²) in [6, 6.07) is 12.0. The van der Waals surface area contributed by atoms with E-state index in [1.54, 1.807) is 47.5 Å². The van der Waals surface area contributed by atoms with Gasteiger partial charge in [0.1, 0.15) is 0 Å². The second-order valence-corrected chi connectivity index (χ2v) is 5.66. The Labute approximate surface area is 138 Å². The molecule has 2 aromatic carbocycles. The largest absolute Gasteiger partial charge is 0.378 e. The summed E-state index contributed by atoms with van der Waals surface area (Å²) >= 11 is 0. The van der Waals surface area contributed by atoms with Gasteiger partial charge in [-0.1, -0.05) is 41.6 Å². The number of ether oxygens (including phenoxy) is 1. The summed E-state index contributed by atoms with van der Waals surface area (Å²) in [4.78, 5) is 25.5. The molecule has 0 unspecified atom stereocenters. The van der Waals surface area contributed by atoms with Gasteiger partial charge in [-0.05, 0) is 6.07 Å². The first kappa shape index (κ1) is 14.7. The van der Waals surface area contributed by atoms with E-state index in [9.17, 15) is 9.59 Å². The number of rotatable bonds is 2. The van der Waals surface area contributed by atoms with Gasteiger partial charge in [0.2, 0.25) is 0 Å². The highest BCUT2D eigenvalue weighted by Gasteiger charge is 2.31. The maximum Gasteiger partial charge on any atom is 0.196 e. The molecule has 24 heavy (non-hydrogen) atoms. The molecular formula is C18H15N3O3. The Morgan fingerprint density at radius 1 is 0.833 bits per heavy atom. The molecule has 0 aromatic heterocycles. The van der Waals surface area contributed by atoms with E-state index >= 15 is 0 Å². The highest BCUT2D eigenvalue weighted by molar-refractivity contribution is 6.29. The summed E-state index contributed by atoms with van der Waals surface area (Å²) < 4.78 is 5.27. The molecule has 6 heteroatoms. The van der Waals surface area contributed by atoms with Gasteiger partial charge >= 0.3 is 0 Å². The molecule has 0 bridgehead atoms. The third-order valence-electron chi connectivity index (χ3n) is 4.20. The van der Waals surface area contributed by atoms with E-state index in [0.29, 0.717) is 54.2 Å². The Bertz CT molecular complexity index is 854. The van der Waals surface area contributed by atoms with Crippen LogP contribution in [0.2, 0.25) is 0 Å². The predicted octanol–water partition coefficient (Wildman–Crippen LogP) is 2.79. The van der Waals surface area contributed by atoms with Crippen molar-refractivity contribution in [1.82, 2.24) is 5.01 Å². The first-order valence-electron chi connectivity index (χ1n) is 7.81. The lowest BCUT2D eigenvalue weighted by Crippen LogP contribution is -2.31. The van der Waals surface area contributed by atoms with Crippen LogP contribution in [0.4, 0.5) is 5.69 Å². The molecule has 0 saturated carbocycles. The van der Waals surface area contributed by atoms with E-state index < -0.39 is 0 Å². The Kier molecular flexibility index (Phi) is 3.66. The van der Waals surface area contributed by atoms with Crippen molar-refractivity contribution >= 4 is 17.3 Å². The summed E-state index contributed by atoms with van der Waals surface area (Å²) in [5, 5.41) is 10.2. The van der Waals surface area contributed by atoms with Gasteiger partial charge in [0.25, 0.3) is 0 Å². The SMILES string of the molecule is O=C1c2ccccc2C(=O)c2c(N=NN3CCOCC3)cccc21. The third-order valence-corrected chi connectivity index (χ3v) is 4.20. The molecule has 0 N–H and O–H groups in total. The Balaban J connectivity index is 1.75. The summed E-state index contributed by atoms with van der Waals surface area (Å²) in [7, 11) is 0. The topological polar surface area (TPSA) is 71.3 Å². The van der Waals surface area contributed by atoms with Crippen molar-refractivity contribution in [2.45, 2.75) is 0 Å². The quantitative estimate of drug-likeness (QED) is 0.680. The van der Waals surface area contributed by atoms with Crippen molar-refractivity contribution in [2.24, 2.45) is 10.3 Å². The zero-order chi connectivity index (χ0) is 16.5. The predicted molar refractivity (Wildman–Crippen MR) is 86.7 cm³/mol. The lowest BCUT2D eigenvalue weighted by molar-refractivity contribution is 0.0353. The minimum absolute atomic E-state index is 0.149. The van der Waals surface area contributed by atoms with Crippen LogP contribution in [0, 0.1) is 0 Å². The second-order valence-electron chi connectivity index (χ2n) is 5.66. The first-order chi connectivity index (χ1) is 11.8. The summed E-state index contributed by atoms with van der Waals surface area (Å²) in [5.41, 5.74) is 2.00. The van der Waals surface area contributed by atoms with Crippen molar-refractivity contribution in [3.8, 4) is 0 Å². The summed E-state index contributed by atoms with van der Waals surface area (Å²) in [6.07, 6.45) is 0. The van der Waals surface area contributed by atoms with Crippen LogP contribution in [0.5, 0.6) is 0 Å². The molecule has 6 nitrogen and oxygen atoms in total. The minimum atomic E-state index is -0.184. The highest BCUT2D eigenvalue weighted by atomic mass is 16.5. The van der Waals surface area contributed by atoms with Crippen LogP contribution in [0.25, 0.3) is 0 Å². The highest BCUT2D eigenvalue weighted by Crippen LogP contribution is 2.33. The van der Waals surface area contributed by atoms with Crippen LogP contribution in [-0.2, 0) is 4.74 Å². The monoisotopic (exact) mass is 321 g/mol. The van der Waals surface area contributed by atoms with Gasteiger partial charge in [-0.15, -0.1) is 5.11 Å². The molecule has 1 aliphatic carbocycles. The molecule has 4 rings (SSSR count). The van der Waals surface area contributed by atoms with Crippen molar-refractivity contribution in [3.05, 3.63) is 64.7 Å². The average molecular weight is 321 g/mol. The molecule has 120 valence electrons. The zero-order valence-corrected chi connectivity index (χ0v) is 12.9. The van der Waals surface area contributed by atoms with E-state index in [0.717, 1.165) is 0 Å². The number of benzene rings is 2. The zero-order valence-electron chi connectivity index (χ0n) is 12.9. The van der Waals surface area contributed by atoms with Gasteiger partial charge in [0.05, 0.1) is 37.6 Å². The fourth-order valence-corrected chi connectivity index (χ4v) is 2.96.